The fraction of sp³-hybridized carbons (Fsp3) is 0. The van der Waals surface area contributed by atoms with Crippen molar-refractivity contribution in [1.82, 2.24) is 15.0 Å². The predicted octanol–water partition coefficient (Wildman–Crippen LogP) is 3.43. The lowest BCUT2D eigenvalue weighted by molar-refractivity contribution is 0.475. The molecular weight excluding hydrogens is 330 g/mol. The minimum Gasteiger partial charge on any atom is -0.508 e. The van der Waals surface area contributed by atoms with Gasteiger partial charge in [0.1, 0.15) is 11.5 Å². The number of phenolic OH excluding ortho intramolecular Hbond substituents is 2. The smallest absolute Gasteiger partial charge is 0.232 e. The van der Waals surface area contributed by atoms with E-state index in [9.17, 15) is 10.2 Å². The zero-order chi connectivity index (χ0) is 18.1. The van der Waals surface area contributed by atoms with E-state index < -0.39 is 0 Å². The highest BCUT2D eigenvalue weighted by Crippen LogP contribution is 2.30. The zero-order valence-corrected chi connectivity index (χ0v) is 13.6. The molecule has 1 aromatic heterocycles. The third kappa shape index (κ3) is 3.05. The van der Waals surface area contributed by atoms with Gasteiger partial charge in [0.25, 0.3) is 0 Å². The predicted molar refractivity (Wildman–Crippen MR) is 100 cm³/mol. The molecule has 4 aromatic rings. The molecule has 0 aliphatic carbocycles. The number of hydrogen-bond donors (Lipinski definition) is 4. The van der Waals surface area contributed by atoms with E-state index >= 15 is 0 Å². The summed E-state index contributed by atoms with van der Waals surface area (Å²) in [4.78, 5) is 12.8. The lowest BCUT2D eigenvalue weighted by Crippen LogP contribution is -2.05. The average molecular weight is 345 g/mol. The lowest BCUT2D eigenvalue weighted by Gasteiger charge is -2.09. The summed E-state index contributed by atoms with van der Waals surface area (Å²) < 4.78 is 0. The maximum absolute atomic E-state index is 9.82. The van der Waals surface area contributed by atoms with Crippen molar-refractivity contribution in [2.75, 3.05) is 11.1 Å². The fourth-order valence-corrected chi connectivity index (χ4v) is 2.74. The van der Waals surface area contributed by atoms with Gasteiger partial charge in [-0.25, -0.2) is 0 Å². The van der Waals surface area contributed by atoms with Gasteiger partial charge in [0.2, 0.25) is 11.9 Å². The van der Waals surface area contributed by atoms with Gasteiger partial charge < -0.3 is 21.3 Å². The molecule has 4 rings (SSSR count). The minimum absolute atomic E-state index is 0.0646. The molecule has 0 amide bonds. The molecule has 0 saturated carbocycles. The van der Waals surface area contributed by atoms with E-state index in [2.05, 4.69) is 20.3 Å². The van der Waals surface area contributed by atoms with Crippen LogP contribution >= 0.6 is 0 Å². The SMILES string of the molecule is Nc1nc(Nc2cccc(O)c2)nc(-c2cccc3ccc(O)cc23)n1. The van der Waals surface area contributed by atoms with Crippen molar-refractivity contribution in [2.45, 2.75) is 0 Å². The van der Waals surface area contributed by atoms with Crippen LogP contribution in [0.2, 0.25) is 0 Å². The van der Waals surface area contributed by atoms with Crippen molar-refractivity contribution in [3.63, 3.8) is 0 Å². The highest BCUT2D eigenvalue weighted by molar-refractivity contribution is 5.96. The Hall–Kier alpha value is -3.87. The number of benzene rings is 3. The van der Waals surface area contributed by atoms with Crippen molar-refractivity contribution in [3.05, 3.63) is 60.7 Å². The Morgan fingerprint density at radius 3 is 2.46 bits per heavy atom. The van der Waals surface area contributed by atoms with E-state index in [-0.39, 0.29) is 23.4 Å². The number of rotatable bonds is 3. The van der Waals surface area contributed by atoms with Crippen LogP contribution in [0.1, 0.15) is 0 Å². The van der Waals surface area contributed by atoms with E-state index in [1.165, 1.54) is 0 Å². The summed E-state index contributed by atoms with van der Waals surface area (Å²) in [5.74, 6) is 0.994. The van der Waals surface area contributed by atoms with Gasteiger partial charge in [0.15, 0.2) is 5.82 Å². The number of phenols is 2. The van der Waals surface area contributed by atoms with Gasteiger partial charge in [-0.1, -0.05) is 30.3 Å². The van der Waals surface area contributed by atoms with Crippen LogP contribution in [0.4, 0.5) is 17.6 Å². The first-order chi connectivity index (χ1) is 12.6. The Labute approximate surface area is 148 Å². The second kappa shape index (κ2) is 6.21. The number of nitrogens with two attached hydrogens (primary N) is 1. The topological polar surface area (TPSA) is 117 Å². The number of aromatic hydroxyl groups is 2. The molecule has 26 heavy (non-hydrogen) atoms. The Kier molecular flexibility index (Phi) is 3.74. The first-order valence-corrected chi connectivity index (χ1v) is 7.88. The Morgan fingerprint density at radius 2 is 1.62 bits per heavy atom. The molecule has 3 aromatic carbocycles. The molecule has 7 nitrogen and oxygen atoms in total. The van der Waals surface area contributed by atoms with Gasteiger partial charge in [-0.2, -0.15) is 15.0 Å². The lowest BCUT2D eigenvalue weighted by atomic mass is 10.0. The molecule has 0 radical (unpaired) electrons. The number of aromatic nitrogens is 3. The van der Waals surface area contributed by atoms with Crippen LogP contribution in [-0.2, 0) is 0 Å². The Morgan fingerprint density at radius 1 is 0.808 bits per heavy atom. The number of nitrogens with zero attached hydrogens (tertiary/aromatic N) is 3. The fourth-order valence-electron chi connectivity index (χ4n) is 2.74. The van der Waals surface area contributed by atoms with E-state index in [1.54, 1.807) is 36.4 Å². The second-order valence-electron chi connectivity index (χ2n) is 5.73. The Balaban J connectivity index is 1.81. The van der Waals surface area contributed by atoms with Crippen molar-refractivity contribution in [3.8, 4) is 22.9 Å². The third-order valence-electron chi connectivity index (χ3n) is 3.86. The van der Waals surface area contributed by atoms with E-state index in [4.69, 9.17) is 5.73 Å². The van der Waals surface area contributed by atoms with Gasteiger partial charge in [-0.05, 0) is 35.0 Å². The van der Waals surface area contributed by atoms with Gasteiger partial charge in [0, 0.05) is 17.3 Å². The molecule has 0 spiro atoms. The summed E-state index contributed by atoms with van der Waals surface area (Å²) in [5.41, 5.74) is 7.20. The van der Waals surface area contributed by atoms with Crippen LogP contribution in [-0.4, -0.2) is 25.2 Å². The highest BCUT2D eigenvalue weighted by Gasteiger charge is 2.11. The van der Waals surface area contributed by atoms with Gasteiger partial charge in [-0.15, -0.1) is 0 Å². The molecule has 0 unspecified atom stereocenters. The largest absolute Gasteiger partial charge is 0.508 e. The summed E-state index contributed by atoms with van der Waals surface area (Å²) in [6.07, 6.45) is 0. The first kappa shape index (κ1) is 15.6. The molecule has 1 heterocycles. The summed E-state index contributed by atoms with van der Waals surface area (Å²) >= 11 is 0. The van der Waals surface area contributed by atoms with Crippen molar-refractivity contribution >= 4 is 28.4 Å². The van der Waals surface area contributed by atoms with Crippen molar-refractivity contribution < 1.29 is 10.2 Å². The number of nitrogens with one attached hydrogen (secondary N) is 1. The molecule has 0 atom stereocenters. The molecule has 0 aliphatic rings. The van der Waals surface area contributed by atoms with Crippen LogP contribution in [0.15, 0.2) is 60.7 Å². The van der Waals surface area contributed by atoms with Gasteiger partial charge >= 0.3 is 0 Å². The molecule has 7 heteroatoms. The summed E-state index contributed by atoms with van der Waals surface area (Å²) in [6.45, 7) is 0. The maximum Gasteiger partial charge on any atom is 0.232 e. The monoisotopic (exact) mass is 345 g/mol. The number of anilines is 3. The van der Waals surface area contributed by atoms with Crippen LogP contribution in [0, 0.1) is 0 Å². The second-order valence-corrected chi connectivity index (χ2v) is 5.73. The van der Waals surface area contributed by atoms with E-state index in [1.807, 2.05) is 24.3 Å². The number of hydrogen-bond acceptors (Lipinski definition) is 7. The first-order valence-electron chi connectivity index (χ1n) is 7.88. The van der Waals surface area contributed by atoms with Crippen LogP contribution in [0.3, 0.4) is 0 Å². The average Bonchev–Trinajstić information content (AvgIpc) is 2.60. The molecule has 0 aliphatic heterocycles. The molecule has 0 fully saturated rings. The molecular formula is C19H15N5O2. The van der Waals surface area contributed by atoms with Crippen LogP contribution < -0.4 is 11.1 Å². The van der Waals surface area contributed by atoms with Gasteiger partial charge in [0.05, 0.1) is 0 Å². The molecule has 0 saturated heterocycles. The summed E-state index contributed by atoms with van der Waals surface area (Å²) in [5, 5.41) is 24.2. The zero-order valence-electron chi connectivity index (χ0n) is 13.6. The summed E-state index contributed by atoms with van der Waals surface area (Å²) in [6, 6.07) is 17.4. The van der Waals surface area contributed by atoms with Crippen molar-refractivity contribution in [2.24, 2.45) is 0 Å². The maximum atomic E-state index is 9.82. The molecule has 128 valence electrons. The van der Waals surface area contributed by atoms with Gasteiger partial charge in [-0.3, -0.25) is 0 Å². The van der Waals surface area contributed by atoms with Crippen LogP contribution in [0.25, 0.3) is 22.2 Å². The number of fused-ring (bicyclic) bond motifs is 1. The molecule has 5 N–H and O–H groups in total. The molecule has 0 bridgehead atoms. The highest BCUT2D eigenvalue weighted by atomic mass is 16.3. The minimum atomic E-state index is 0.0646. The summed E-state index contributed by atoms with van der Waals surface area (Å²) in [7, 11) is 0. The van der Waals surface area contributed by atoms with E-state index in [0.29, 0.717) is 11.5 Å². The Bertz CT molecular complexity index is 1110. The van der Waals surface area contributed by atoms with E-state index in [0.717, 1.165) is 16.3 Å². The van der Waals surface area contributed by atoms with Crippen LogP contribution in [0.5, 0.6) is 11.5 Å². The quantitative estimate of drug-likeness (QED) is 0.449. The standard InChI is InChI=1S/C19H15N5O2/c20-18-22-17(15-6-1-3-11-7-8-14(26)10-16(11)15)23-19(24-18)21-12-4-2-5-13(25)9-12/h1-10,25-26H,(H3,20,21,22,23,24). The number of nitrogen functional groups attached to an aromatic ring is 1. The normalized spacial score (nSPS) is 10.8. The third-order valence-corrected chi connectivity index (χ3v) is 3.86. The van der Waals surface area contributed by atoms with Crippen molar-refractivity contribution in [1.29, 1.82) is 0 Å².